The first-order valence-electron chi connectivity index (χ1n) is 3.45. The molecule has 0 unspecified atom stereocenters. The first-order chi connectivity index (χ1) is 5.74. The highest BCUT2D eigenvalue weighted by Crippen LogP contribution is 2.08. The van der Waals surface area contributed by atoms with Gasteiger partial charge in [0.05, 0.1) is 0 Å². The summed E-state index contributed by atoms with van der Waals surface area (Å²) >= 11 is 11.1. The fourth-order valence-electron chi connectivity index (χ4n) is 0.783. The van der Waals surface area contributed by atoms with Crippen LogP contribution in [0.25, 0.3) is 6.08 Å². The molecule has 1 rings (SSSR count). The Morgan fingerprint density at radius 1 is 1.58 bits per heavy atom. The summed E-state index contributed by atoms with van der Waals surface area (Å²) in [6, 6.07) is 0. The minimum Gasteiger partial charge on any atom is -0.226 e. The quantitative estimate of drug-likeness (QED) is 0.545. The zero-order valence-corrected chi connectivity index (χ0v) is 8.10. The summed E-state index contributed by atoms with van der Waals surface area (Å²) in [6.07, 6.45) is 5.38. The molecule has 0 amide bonds. The molecule has 0 aliphatic carbocycles. The van der Waals surface area contributed by atoms with Crippen LogP contribution in [0.15, 0.2) is 12.3 Å². The SMILES string of the molecule is Cc1nc(Cl)ncc1C=CCCl. The van der Waals surface area contributed by atoms with Crippen LogP contribution < -0.4 is 0 Å². The van der Waals surface area contributed by atoms with Crippen molar-refractivity contribution in [3.63, 3.8) is 0 Å². The van der Waals surface area contributed by atoms with Crippen molar-refractivity contribution in [1.82, 2.24) is 9.97 Å². The Labute approximate surface area is 81.2 Å². The summed E-state index contributed by atoms with van der Waals surface area (Å²) in [5.74, 6) is 0.488. The van der Waals surface area contributed by atoms with Crippen molar-refractivity contribution in [1.29, 1.82) is 0 Å². The standard InChI is InChI=1S/C8H8Cl2N2/c1-6-7(3-2-4-9)5-11-8(10)12-6/h2-3,5H,4H2,1H3. The minimum absolute atomic E-state index is 0.274. The molecule has 0 bridgehead atoms. The van der Waals surface area contributed by atoms with Crippen LogP contribution in [0, 0.1) is 6.92 Å². The van der Waals surface area contributed by atoms with Crippen molar-refractivity contribution in [3.05, 3.63) is 28.8 Å². The van der Waals surface area contributed by atoms with E-state index in [1.54, 1.807) is 6.20 Å². The number of alkyl halides is 1. The molecule has 12 heavy (non-hydrogen) atoms. The molecule has 0 saturated carbocycles. The Bertz CT molecular complexity index is 297. The van der Waals surface area contributed by atoms with Crippen LogP contribution in [0.1, 0.15) is 11.3 Å². The maximum absolute atomic E-state index is 5.58. The summed E-state index contributed by atoms with van der Waals surface area (Å²) in [6.45, 7) is 1.88. The predicted octanol–water partition coefficient (Wildman–Crippen LogP) is 2.69. The van der Waals surface area contributed by atoms with Gasteiger partial charge < -0.3 is 0 Å². The normalized spacial score (nSPS) is 10.9. The Morgan fingerprint density at radius 3 is 2.92 bits per heavy atom. The second-order valence-electron chi connectivity index (χ2n) is 2.24. The summed E-state index contributed by atoms with van der Waals surface area (Å²) in [7, 11) is 0. The average molecular weight is 203 g/mol. The van der Waals surface area contributed by atoms with E-state index in [0.717, 1.165) is 11.3 Å². The number of aromatic nitrogens is 2. The van der Waals surface area contributed by atoms with Gasteiger partial charge in [0.1, 0.15) is 0 Å². The highest BCUT2D eigenvalue weighted by atomic mass is 35.5. The largest absolute Gasteiger partial charge is 0.226 e. The molecule has 1 heterocycles. The summed E-state index contributed by atoms with van der Waals surface area (Å²) in [5.41, 5.74) is 1.80. The first-order valence-corrected chi connectivity index (χ1v) is 4.37. The van der Waals surface area contributed by atoms with E-state index in [2.05, 4.69) is 9.97 Å². The van der Waals surface area contributed by atoms with E-state index in [1.807, 2.05) is 19.1 Å². The number of nitrogens with zero attached hydrogens (tertiary/aromatic N) is 2. The van der Waals surface area contributed by atoms with Gasteiger partial charge in [0.2, 0.25) is 5.28 Å². The van der Waals surface area contributed by atoms with Crippen LogP contribution >= 0.6 is 23.2 Å². The smallest absolute Gasteiger partial charge is 0.222 e. The van der Waals surface area contributed by atoms with Gasteiger partial charge in [-0.25, -0.2) is 9.97 Å². The molecule has 0 radical (unpaired) electrons. The number of hydrogen-bond acceptors (Lipinski definition) is 2. The van der Waals surface area contributed by atoms with E-state index in [4.69, 9.17) is 23.2 Å². The van der Waals surface area contributed by atoms with Crippen LogP contribution in [-0.4, -0.2) is 15.8 Å². The fraction of sp³-hybridized carbons (Fsp3) is 0.250. The van der Waals surface area contributed by atoms with E-state index in [-0.39, 0.29) is 5.28 Å². The monoisotopic (exact) mass is 202 g/mol. The molecule has 0 saturated heterocycles. The Hall–Kier alpha value is -0.600. The Balaban J connectivity index is 2.94. The molecule has 0 aliphatic heterocycles. The zero-order chi connectivity index (χ0) is 8.97. The van der Waals surface area contributed by atoms with Crippen LogP contribution in [-0.2, 0) is 0 Å². The maximum Gasteiger partial charge on any atom is 0.222 e. The van der Waals surface area contributed by atoms with Gasteiger partial charge in [-0.15, -0.1) is 11.6 Å². The molecule has 0 aliphatic rings. The Morgan fingerprint density at radius 2 is 2.33 bits per heavy atom. The molecule has 4 heteroatoms. The molecular weight excluding hydrogens is 195 g/mol. The number of aryl methyl sites for hydroxylation is 1. The van der Waals surface area contributed by atoms with Gasteiger partial charge in [-0.3, -0.25) is 0 Å². The van der Waals surface area contributed by atoms with Crippen LogP contribution in [0.3, 0.4) is 0 Å². The van der Waals surface area contributed by atoms with E-state index >= 15 is 0 Å². The average Bonchev–Trinajstić information content (AvgIpc) is 2.03. The highest BCUT2D eigenvalue weighted by Gasteiger charge is 1.96. The van der Waals surface area contributed by atoms with E-state index in [1.165, 1.54) is 0 Å². The third kappa shape index (κ3) is 2.47. The number of halogens is 2. The van der Waals surface area contributed by atoms with Crippen molar-refractivity contribution >= 4 is 29.3 Å². The molecule has 0 fully saturated rings. The zero-order valence-electron chi connectivity index (χ0n) is 6.59. The molecule has 1 aromatic heterocycles. The van der Waals surface area contributed by atoms with Gasteiger partial charge in [-0.1, -0.05) is 12.2 Å². The van der Waals surface area contributed by atoms with Crippen molar-refractivity contribution in [2.75, 3.05) is 5.88 Å². The van der Waals surface area contributed by atoms with E-state index in [0.29, 0.717) is 5.88 Å². The molecule has 1 aromatic rings. The molecule has 0 atom stereocenters. The summed E-state index contributed by atoms with van der Waals surface area (Å²) in [5, 5.41) is 0.274. The van der Waals surface area contributed by atoms with Crippen molar-refractivity contribution in [3.8, 4) is 0 Å². The maximum atomic E-state index is 5.58. The van der Waals surface area contributed by atoms with Crippen LogP contribution in [0.2, 0.25) is 5.28 Å². The minimum atomic E-state index is 0.274. The predicted molar refractivity (Wildman–Crippen MR) is 51.5 cm³/mol. The molecule has 0 N–H and O–H groups in total. The molecule has 2 nitrogen and oxygen atoms in total. The highest BCUT2D eigenvalue weighted by molar-refractivity contribution is 6.28. The molecular formula is C8H8Cl2N2. The summed E-state index contributed by atoms with van der Waals surface area (Å²) < 4.78 is 0. The van der Waals surface area contributed by atoms with Crippen LogP contribution in [0.4, 0.5) is 0 Å². The van der Waals surface area contributed by atoms with Crippen LogP contribution in [0.5, 0.6) is 0 Å². The fourth-order valence-corrected chi connectivity index (χ4v) is 1.05. The lowest BCUT2D eigenvalue weighted by Gasteiger charge is -1.97. The second-order valence-corrected chi connectivity index (χ2v) is 2.88. The van der Waals surface area contributed by atoms with Gasteiger partial charge in [-0.2, -0.15) is 0 Å². The lowest BCUT2D eigenvalue weighted by Crippen LogP contribution is -1.89. The van der Waals surface area contributed by atoms with Gasteiger partial charge in [0.25, 0.3) is 0 Å². The number of allylic oxidation sites excluding steroid dienone is 1. The third-order valence-corrected chi connectivity index (χ3v) is 1.73. The third-order valence-electron chi connectivity index (χ3n) is 1.37. The van der Waals surface area contributed by atoms with Crippen molar-refractivity contribution < 1.29 is 0 Å². The number of rotatable bonds is 2. The van der Waals surface area contributed by atoms with Gasteiger partial charge in [0.15, 0.2) is 0 Å². The van der Waals surface area contributed by atoms with Gasteiger partial charge >= 0.3 is 0 Å². The van der Waals surface area contributed by atoms with E-state index in [9.17, 15) is 0 Å². The lowest BCUT2D eigenvalue weighted by atomic mass is 10.2. The topological polar surface area (TPSA) is 25.8 Å². The lowest BCUT2D eigenvalue weighted by molar-refractivity contribution is 1.09. The van der Waals surface area contributed by atoms with Gasteiger partial charge in [-0.05, 0) is 18.5 Å². The Kier molecular flexibility index (Phi) is 3.50. The van der Waals surface area contributed by atoms with Crippen molar-refractivity contribution in [2.24, 2.45) is 0 Å². The van der Waals surface area contributed by atoms with Gasteiger partial charge in [0, 0.05) is 23.3 Å². The summed E-state index contributed by atoms with van der Waals surface area (Å²) in [4.78, 5) is 7.84. The molecule has 0 spiro atoms. The van der Waals surface area contributed by atoms with E-state index < -0.39 is 0 Å². The van der Waals surface area contributed by atoms with Crippen molar-refractivity contribution in [2.45, 2.75) is 6.92 Å². The molecule has 0 aromatic carbocycles. The second kappa shape index (κ2) is 4.43. The number of hydrogen-bond donors (Lipinski definition) is 0. The first kappa shape index (κ1) is 9.49. The molecule has 64 valence electrons.